The van der Waals surface area contributed by atoms with E-state index in [0.29, 0.717) is 18.4 Å². The molecule has 3 rings (SSSR count). The average Bonchev–Trinajstić information content (AvgIpc) is 3.59. The number of carbonyl (C=O) groups is 2. The minimum Gasteiger partial charge on any atom is -0.385 e. The normalized spacial score (nSPS) is 31.5. The number of Topliss-reactive ketones (excluding diaryl/α,β-unsaturated/α-hetero) is 2. The highest BCUT2D eigenvalue weighted by Gasteiger charge is 2.79. The second kappa shape index (κ2) is 13.9. The van der Waals surface area contributed by atoms with Crippen molar-refractivity contribution in [3.8, 4) is 0 Å². The van der Waals surface area contributed by atoms with Crippen LogP contribution in [0.4, 0.5) is 0 Å². The molecule has 45 heavy (non-hydrogen) atoms. The van der Waals surface area contributed by atoms with Crippen molar-refractivity contribution >= 4 is 11.6 Å². The van der Waals surface area contributed by atoms with Crippen LogP contribution in [0.3, 0.4) is 0 Å². The molecule has 0 amide bonds. The number of hydrogen-bond donors (Lipinski definition) is 2. The van der Waals surface area contributed by atoms with Gasteiger partial charge in [-0.25, -0.2) is 0 Å². The molecule has 1 saturated heterocycles. The van der Waals surface area contributed by atoms with E-state index in [-0.39, 0.29) is 22.4 Å². The summed E-state index contributed by atoms with van der Waals surface area (Å²) in [6.07, 6.45) is 27.3. The van der Waals surface area contributed by atoms with Crippen LogP contribution in [0.1, 0.15) is 82.1 Å². The van der Waals surface area contributed by atoms with Crippen LogP contribution < -0.4 is 0 Å². The second-order valence-electron chi connectivity index (χ2n) is 14.3. The summed E-state index contributed by atoms with van der Waals surface area (Å²) in [5.74, 6) is -0.405. The molecule has 1 aliphatic heterocycles. The molecule has 2 fully saturated rings. The van der Waals surface area contributed by atoms with Gasteiger partial charge in [-0.15, -0.1) is 0 Å². The van der Waals surface area contributed by atoms with E-state index in [4.69, 9.17) is 4.74 Å². The predicted octanol–water partition coefficient (Wildman–Crippen LogP) is 8.12. The summed E-state index contributed by atoms with van der Waals surface area (Å²) in [6, 6.07) is 0. The summed E-state index contributed by atoms with van der Waals surface area (Å²) < 4.78 is 6.00. The fourth-order valence-electron chi connectivity index (χ4n) is 6.51. The molecule has 1 heterocycles. The van der Waals surface area contributed by atoms with Gasteiger partial charge in [0.2, 0.25) is 0 Å². The molecular formula is C40H52O5. The third-order valence-electron chi connectivity index (χ3n) is 9.38. The summed E-state index contributed by atoms with van der Waals surface area (Å²) in [6.45, 7) is 19.9. The predicted molar refractivity (Wildman–Crippen MR) is 184 cm³/mol. The van der Waals surface area contributed by atoms with Crippen molar-refractivity contribution in [2.75, 3.05) is 0 Å². The van der Waals surface area contributed by atoms with E-state index in [9.17, 15) is 19.8 Å². The zero-order valence-corrected chi connectivity index (χ0v) is 28.8. The van der Waals surface area contributed by atoms with E-state index in [1.807, 2.05) is 108 Å². The number of allylic oxidation sites excluding steroid dienone is 18. The maximum absolute atomic E-state index is 12.5. The molecule has 2 unspecified atom stereocenters. The number of hydrogen-bond acceptors (Lipinski definition) is 5. The van der Waals surface area contributed by atoms with Gasteiger partial charge in [0.05, 0.1) is 0 Å². The first-order chi connectivity index (χ1) is 20.9. The zero-order chi connectivity index (χ0) is 33.8. The standard InChI is InChI=1S/C40H52O5/c1-27(17-13-19-29(3)21-22-32-31(5)35(43)33(41)25-37(32,6)7)15-11-12-16-28(2)18-14-20-30(4)23-24-40-38(8,9)26-34(42)36(44)39(40,10)45-40/h11-24,33-34,41-42H,25-26H2,1-10H3/b12-11+,17-13+,18-14+,22-21+,24-23+,27-15+,28-16+,29-19+,30-20+/t33-,34-,39?,40?/m0/s1. The first kappa shape index (κ1) is 36.1. The summed E-state index contributed by atoms with van der Waals surface area (Å²) in [5.41, 5.74) is 3.74. The quantitative estimate of drug-likeness (QED) is 0.192. The molecule has 0 aromatic rings. The summed E-state index contributed by atoms with van der Waals surface area (Å²) >= 11 is 0. The van der Waals surface area contributed by atoms with E-state index in [2.05, 4.69) is 32.1 Å². The van der Waals surface area contributed by atoms with Crippen LogP contribution in [0.2, 0.25) is 0 Å². The highest BCUT2D eigenvalue weighted by atomic mass is 16.6. The Labute approximate surface area is 270 Å². The number of epoxide rings is 1. The van der Waals surface area contributed by atoms with Crippen LogP contribution in [-0.2, 0) is 14.3 Å². The number of ketones is 2. The van der Waals surface area contributed by atoms with Gasteiger partial charge in [-0.1, -0.05) is 129 Å². The topological polar surface area (TPSA) is 87.1 Å². The zero-order valence-electron chi connectivity index (χ0n) is 28.8. The monoisotopic (exact) mass is 612 g/mol. The Balaban J connectivity index is 1.53. The highest BCUT2D eigenvalue weighted by molar-refractivity contribution is 6.00. The Morgan fingerprint density at radius 2 is 1.20 bits per heavy atom. The Kier molecular flexibility index (Phi) is 11.2. The summed E-state index contributed by atoms with van der Waals surface area (Å²) in [7, 11) is 0. The molecule has 242 valence electrons. The lowest BCUT2D eigenvalue weighted by Gasteiger charge is -2.38. The van der Waals surface area contributed by atoms with Gasteiger partial charge in [0.15, 0.2) is 17.2 Å². The number of fused-ring (bicyclic) bond motifs is 1. The Bertz CT molecular complexity index is 1500. The Hall–Kier alpha value is -3.38. The van der Waals surface area contributed by atoms with E-state index >= 15 is 0 Å². The van der Waals surface area contributed by atoms with Crippen LogP contribution in [0.25, 0.3) is 0 Å². The molecule has 2 N–H and O–H groups in total. The maximum Gasteiger partial charge on any atom is 0.196 e. The van der Waals surface area contributed by atoms with E-state index in [0.717, 1.165) is 27.9 Å². The number of aliphatic hydroxyl groups is 2. The Morgan fingerprint density at radius 3 is 1.76 bits per heavy atom. The van der Waals surface area contributed by atoms with Crippen LogP contribution in [0.15, 0.2) is 119 Å². The molecule has 2 aliphatic carbocycles. The SMILES string of the molecule is CC1=C(/C=C/C(C)=C/C=C/C(C)=C/C=C/C=C(C)/C=C/C=C(C)/C=C/C23OC2(C)C(=O)[C@@H](O)CC3(C)C)C(C)(C)C[C@H](O)C1=O. The molecular weight excluding hydrogens is 560 g/mol. The van der Waals surface area contributed by atoms with E-state index in [1.165, 1.54) is 0 Å². The molecule has 0 spiro atoms. The summed E-state index contributed by atoms with van der Waals surface area (Å²) in [5, 5.41) is 20.2. The van der Waals surface area contributed by atoms with Crippen molar-refractivity contribution in [3.63, 3.8) is 0 Å². The number of carbonyl (C=O) groups excluding carboxylic acids is 2. The van der Waals surface area contributed by atoms with Crippen LogP contribution in [0, 0.1) is 10.8 Å². The van der Waals surface area contributed by atoms with Crippen molar-refractivity contribution in [1.29, 1.82) is 0 Å². The van der Waals surface area contributed by atoms with Crippen molar-refractivity contribution in [2.45, 2.75) is 105 Å². The van der Waals surface area contributed by atoms with Gasteiger partial charge < -0.3 is 14.9 Å². The third kappa shape index (κ3) is 8.07. The average molecular weight is 613 g/mol. The van der Waals surface area contributed by atoms with Gasteiger partial charge in [0.25, 0.3) is 0 Å². The van der Waals surface area contributed by atoms with Gasteiger partial charge in [-0.2, -0.15) is 0 Å². The fraction of sp³-hybridized carbons (Fsp3) is 0.450. The van der Waals surface area contributed by atoms with Gasteiger partial charge in [0, 0.05) is 5.41 Å². The van der Waals surface area contributed by atoms with Crippen molar-refractivity contribution in [2.24, 2.45) is 10.8 Å². The lowest BCUT2D eigenvalue weighted by molar-refractivity contribution is -0.135. The van der Waals surface area contributed by atoms with Crippen LogP contribution >= 0.6 is 0 Å². The van der Waals surface area contributed by atoms with E-state index in [1.54, 1.807) is 13.8 Å². The first-order valence-electron chi connectivity index (χ1n) is 15.8. The first-order valence-corrected chi connectivity index (χ1v) is 15.8. The Morgan fingerprint density at radius 1 is 0.711 bits per heavy atom. The van der Waals surface area contributed by atoms with Gasteiger partial charge in [-0.3, -0.25) is 9.59 Å². The molecule has 5 heteroatoms. The second-order valence-corrected chi connectivity index (χ2v) is 14.3. The molecule has 0 aromatic heterocycles. The third-order valence-corrected chi connectivity index (χ3v) is 9.38. The largest absolute Gasteiger partial charge is 0.385 e. The van der Waals surface area contributed by atoms with Crippen LogP contribution in [0.5, 0.6) is 0 Å². The minimum atomic E-state index is -0.970. The van der Waals surface area contributed by atoms with Crippen molar-refractivity contribution in [3.05, 3.63) is 119 Å². The van der Waals surface area contributed by atoms with Crippen molar-refractivity contribution in [1.82, 2.24) is 0 Å². The number of rotatable bonds is 10. The van der Waals surface area contributed by atoms with E-state index < -0.39 is 23.4 Å². The molecule has 0 radical (unpaired) electrons. The number of ether oxygens (including phenoxy) is 1. The van der Waals surface area contributed by atoms with Gasteiger partial charge in [-0.05, 0) is 77.0 Å². The molecule has 5 nitrogen and oxygen atoms in total. The number of aliphatic hydroxyl groups excluding tert-OH is 2. The summed E-state index contributed by atoms with van der Waals surface area (Å²) in [4.78, 5) is 24.8. The van der Waals surface area contributed by atoms with Gasteiger partial charge >= 0.3 is 0 Å². The minimum absolute atomic E-state index is 0.177. The molecule has 0 aromatic carbocycles. The smallest absolute Gasteiger partial charge is 0.196 e. The fourth-order valence-corrected chi connectivity index (χ4v) is 6.51. The molecule has 1 saturated carbocycles. The maximum atomic E-state index is 12.5. The lowest BCUT2D eigenvalue weighted by atomic mass is 9.62. The molecule has 0 bridgehead atoms. The molecule has 3 aliphatic rings. The molecule has 4 atom stereocenters. The van der Waals surface area contributed by atoms with Crippen LogP contribution in [-0.4, -0.2) is 45.2 Å². The van der Waals surface area contributed by atoms with Gasteiger partial charge in [0.1, 0.15) is 17.8 Å². The van der Waals surface area contributed by atoms with Crippen molar-refractivity contribution < 1.29 is 24.5 Å². The lowest BCUT2D eigenvalue weighted by Crippen LogP contribution is -2.52. The highest BCUT2D eigenvalue weighted by Crippen LogP contribution is 2.64.